The first-order valence-electron chi connectivity index (χ1n) is 3.20. The summed E-state index contributed by atoms with van der Waals surface area (Å²) in [7, 11) is 1.87. The monoisotopic (exact) mass is 203 g/mol. The SMILES string of the molecule is Cl.Cn1ncc2cnc(Cl)cc21. The number of aromatic nitrogens is 3. The topological polar surface area (TPSA) is 30.7 Å². The summed E-state index contributed by atoms with van der Waals surface area (Å²) < 4.78 is 1.77. The van der Waals surface area contributed by atoms with Gasteiger partial charge in [-0.2, -0.15) is 5.10 Å². The van der Waals surface area contributed by atoms with E-state index in [2.05, 4.69) is 10.1 Å². The summed E-state index contributed by atoms with van der Waals surface area (Å²) in [5.41, 5.74) is 1.00. The van der Waals surface area contributed by atoms with Crippen molar-refractivity contribution >= 4 is 34.9 Å². The molecular weight excluding hydrogens is 197 g/mol. The van der Waals surface area contributed by atoms with Gasteiger partial charge in [0.2, 0.25) is 0 Å². The standard InChI is InChI=1S/C7H6ClN3.ClH/c1-11-6-2-7(8)9-3-5(6)4-10-11;/h2-4H,1H3;1H. The molecule has 2 heterocycles. The van der Waals surface area contributed by atoms with E-state index < -0.39 is 0 Å². The fourth-order valence-electron chi connectivity index (χ4n) is 1.02. The van der Waals surface area contributed by atoms with E-state index in [9.17, 15) is 0 Å². The van der Waals surface area contributed by atoms with E-state index >= 15 is 0 Å². The predicted octanol–water partition coefficient (Wildman–Crippen LogP) is 2.04. The van der Waals surface area contributed by atoms with Crippen molar-refractivity contribution < 1.29 is 0 Å². The Balaban J connectivity index is 0.000000720. The Morgan fingerprint density at radius 1 is 1.42 bits per heavy atom. The summed E-state index contributed by atoms with van der Waals surface area (Å²) in [5, 5.41) is 5.57. The first-order chi connectivity index (χ1) is 5.27. The summed E-state index contributed by atoms with van der Waals surface area (Å²) in [6.45, 7) is 0. The Morgan fingerprint density at radius 2 is 2.17 bits per heavy atom. The maximum Gasteiger partial charge on any atom is 0.131 e. The molecule has 3 nitrogen and oxygen atoms in total. The van der Waals surface area contributed by atoms with Crippen LogP contribution in [-0.2, 0) is 7.05 Å². The molecule has 0 atom stereocenters. The molecular formula is C7H7Cl2N3. The van der Waals surface area contributed by atoms with Crippen molar-refractivity contribution in [1.29, 1.82) is 0 Å². The van der Waals surface area contributed by atoms with Crippen LogP contribution < -0.4 is 0 Å². The fraction of sp³-hybridized carbons (Fsp3) is 0.143. The summed E-state index contributed by atoms with van der Waals surface area (Å²) in [4.78, 5) is 3.93. The van der Waals surface area contributed by atoms with Gasteiger partial charge in [-0.1, -0.05) is 11.6 Å². The third-order valence-corrected chi connectivity index (χ3v) is 1.80. The van der Waals surface area contributed by atoms with Gasteiger partial charge in [0.05, 0.1) is 11.7 Å². The summed E-state index contributed by atoms with van der Waals surface area (Å²) >= 11 is 5.70. The third-order valence-electron chi connectivity index (χ3n) is 1.60. The second-order valence-corrected chi connectivity index (χ2v) is 2.72. The predicted molar refractivity (Wildman–Crippen MR) is 50.8 cm³/mol. The number of rotatable bonds is 0. The van der Waals surface area contributed by atoms with Gasteiger partial charge in [-0.3, -0.25) is 4.68 Å². The molecule has 5 heteroatoms. The molecule has 0 aliphatic heterocycles. The zero-order valence-corrected chi connectivity index (χ0v) is 7.93. The number of pyridine rings is 1. The van der Waals surface area contributed by atoms with Gasteiger partial charge >= 0.3 is 0 Å². The lowest BCUT2D eigenvalue weighted by atomic mass is 10.3. The van der Waals surface area contributed by atoms with Gasteiger partial charge in [-0.25, -0.2) is 4.98 Å². The zero-order valence-electron chi connectivity index (χ0n) is 6.36. The van der Waals surface area contributed by atoms with Crippen molar-refractivity contribution in [1.82, 2.24) is 14.8 Å². The maximum absolute atomic E-state index is 5.70. The van der Waals surface area contributed by atoms with Crippen LogP contribution >= 0.6 is 24.0 Å². The fourth-order valence-corrected chi connectivity index (χ4v) is 1.17. The molecule has 12 heavy (non-hydrogen) atoms. The highest BCUT2D eigenvalue weighted by atomic mass is 35.5. The van der Waals surface area contributed by atoms with Crippen molar-refractivity contribution in [3.63, 3.8) is 0 Å². The van der Waals surface area contributed by atoms with Crippen molar-refractivity contribution in [2.75, 3.05) is 0 Å². The molecule has 64 valence electrons. The van der Waals surface area contributed by atoms with E-state index in [-0.39, 0.29) is 12.4 Å². The first-order valence-corrected chi connectivity index (χ1v) is 3.58. The highest BCUT2D eigenvalue weighted by Crippen LogP contribution is 2.14. The normalized spacial score (nSPS) is 9.83. The average molecular weight is 204 g/mol. The molecule has 0 aromatic carbocycles. The van der Waals surface area contributed by atoms with Crippen molar-refractivity contribution in [2.45, 2.75) is 0 Å². The molecule has 2 aromatic rings. The van der Waals surface area contributed by atoms with Crippen LogP contribution in [0.25, 0.3) is 10.9 Å². The van der Waals surface area contributed by atoms with Gasteiger partial charge in [0.25, 0.3) is 0 Å². The van der Waals surface area contributed by atoms with E-state index in [0.717, 1.165) is 10.9 Å². The van der Waals surface area contributed by atoms with E-state index in [0.29, 0.717) is 5.15 Å². The minimum atomic E-state index is 0. The Labute approximate surface area is 80.8 Å². The molecule has 0 N–H and O–H groups in total. The second kappa shape index (κ2) is 3.29. The maximum atomic E-state index is 5.70. The Morgan fingerprint density at radius 3 is 2.92 bits per heavy atom. The highest BCUT2D eigenvalue weighted by molar-refractivity contribution is 6.29. The number of hydrogen-bond acceptors (Lipinski definition) is 2. The lowest BCUT2D eigenvalue weighted by Gasteiger charge is -1.92. The van der Waals surface area contributed by atoms with Crippen LogP contribution in [0.2, 0.25) is 5.15 Å². The lowest BCUT2D eigenvalue weighted by Crippen LogP contribution is -1.88. The molecule has 2 aromatic heterocycles. The van der Waals surface area contributed by atoms with Crippen LogP contribution in [0.1, 0.15) is 0 Å². The largest absolute Gasteiger partial charge is 0.268 e. The van der Waals surface area contributed by atoms with E-state index in [1.807, 2.05) is 7.05 Å². The van der Waals surface area contributed by atoms with Crippen LogP contribution in [0.5, 0.6) is 0 Å². The van der Waals surface area contributed by atoms with Gasteiger partial charge in [0, 0.05) is 24.7 Å². The van der Waals surface area contributed by atoms with Crippen LogP contribution in [-0.4, -0.2) is 14.8 Å². The zero-order chi connectivity index (χ0) is 7.84. The summed E-state index contributed by atoms with van der Waals surface area (Å²) in [5.74, 6) is 0. The quantitative estimate of drug-likeness (QED) is 0.614. The molecule has 0 spiro atoms. The van der Waals surface area contributed by atoms with Crippen molar-refractivity contribution in [2.24, 2.45) is 7.05 Å². The van der Waals surface area contributed by atoms with Crippen LogP contribution in [0.4, 0.5) is 0 Å². The van der Waals surface area contributed by atoms with Crippen molar-refractivity contribution in [3.05, 3.63) is 23.6 Å². The van der Waals surface area contributed by atoms with E-state index in [1.165, 1.54) is 0 Å². The summed E-state index contributed by atoms with van der Waals surface area (Å²) in [6, 6.07) is 1.80. The molecule has 0 saturated carbocycles. The molecule has 0 bridgehead atoms. The van der Waals surface area contributed by atoms with Crippen LogP contribution in [0, 0.1) is 0 Å². The second-order valence-electron chi connectivity index (χ2n) is 2.33. The number of hydrogen-bond donors (Lipinski definition) is 0. The molecule has 0 unspecified atom stereocenters. The average Bonchev–Trinajstić information content (AvgIpc) is 2.33. The molecule has 0 radical (unpaired) electrons. The highest BCUT2D eigenvalue weighted by Gasteiger charge is 1.99. The van der Waals surface area contributed by atoms with Crippen LogP contribution in [0.15, 0.2) is 18.5 Å². The number of halogens is 2. The van der Waals surface area contributed by atoms with Gasteiger partial charge in [0.1, 0.15) is 5.15 Å². The molecule has 0 amide bonds. The van der Waals surface area contributed by atoms with E-state index in [4.69, 9.17) is 11.6 Å². The van der Waals surface area contributed by atoms with Gasteiger partial charge in [-0.15, -0.1) is 12.4 Å². The Kier molecular flexibility index (Phi) is 2.55. The van der Waals surface area contributed by atoms with Gasteiger partial charge in [0.15, 0.2) is 0 Å². The van der Waals surface area contributed by atoms with Gasteiger partial charge in [-0.05, 0) is 0 Å². The van der Waals surface area contributed by atoms with Crippen LogP contribution in [0.3, 0.4) is 0 Å². The smallest absolute Gasteiger partial charge is 0.131 e. The first kappa shape index (κ1) is 9.29. The molecule has 2 rings (SSSR count). The Hall–Kier alpha value is -0.800. The molecule has 0 aliphatic carbocycles. The number of fused-ring (bicyclic) bond motifs is 1. The summed E-state index contributed by atoms with van der Waals surface area (Å²) in [6.07, 6.45) is 3.48. The van der Waals surface area contributed by atoms with Gasteiger partial charge < -0.3 is 0 Å². The number of aryl methyl sites for hydroxylation is 1. The molecule has 0 saturated heterocycles. The van der Waals surface area contributed by atoms with E-state index in [1.54, 1.807) is 23.1 Å². The number of nitrogens with zero attached hydrogens (tertiary/aromatic N) is 3. The molecule has 0 fully saturated rings. The Bertz CT molecular complexity index is 396. The molecule has 0 aliphatic rings. The minimum absolute atomic E-state index is 0. The lowest BCUT2D eigenvalue weighted by molar-refractivity contribution is 0.797. The van der Waals surface area contributed by atoms with Crippen molar-refractivity contribution in [3.8, 4) is 0 Å². The third kappa shape index (κ3) is 1.38. The minimum Gasteiger partial charge on any atom is -0.268 e.